The first-order chi connectivity index (χ1) is 17.4. The van der Waals surface area contributed by atoms with E-state index in [-0.39, 0.29) is 33.3 Å². The number of fused-ring (bicyclic) bond motifs is 1. The number of sulfonamides is 1. The van der Waals surface area contributed by atoms with Gasteiger partial charge in [-0.2, -0.15) is 4.31 Å². The number of likely N-dealkylation sites (N-methyl/N-ethyl adjacent to an activating group) is 1. The molecule has 0 aromatic heterocycles. The van der Waals surface area contributed by atoms with E-state index in [1.165, 1.54) is 23.1 Å². The molecule has 0 radical (unpaired) electrons. The topological polar surface area (TPSA) is 128 Å². The standard InChI is InChI=1S/C25H24ClFN2O7S/c1-3-36-14-25(33)24(32)29(16-7-5-4-6-8-16)21-13-19(26)17(12-22(21)37(34,35)28(25)2)15-9-10-20(27)18(11-15)23(30)31/h4-13,24,32-33H,3,14H2,1-2H3,(H,30,31)/t24?,25-/m0/s1. The molecular weight excluding hydrogens is 527 g/mol. The third kappa shape index (κ3) is 4.58. The molecule has 0 saturated carbocycles. The van der Waals surface area contributed by atoms with Crippen molar-refractivity contribution in [3.63, 3.8) is 0 Å². The van der Waals surface area contributed by atoms with Gasteiger partial charge in [-0.05, 0) is 48.9 Å². The van der Waals surface area contributed by atoms with Crippen LogP contribution in [0.1, 0.15) is 17.3 Å². The lowest BCUT2D eigenvalue weighted by molar-refractivity contribution is -0.170. The lowest BCUT2D eigenvalue weighted by Crippen LogP contribution is -2.63. The molecule has 2 atom stereocenters. The maximum absolute atomic E-state index is 14.0. The monoisotopic (exact) mass is 550 g/mol. The number of ether oxygens (including phenoxy) is 1. The van der Waals surface area contributed by atoms with E-state index in [4.69, 9.17) is 16.3 Å². The number of carboxylic acid groups (broad SMARTS) is 1. The molecule has 1 heterocycles. The van der Waals surface area contributed by atoms with Crippen molar-refractivity contribution in [2.24, 2.45) is 0 Å². The molecule has 1 unspecified atom stereocenters. The zero-order chi connectivity index (χ0) is 27.1. The molecule has 4 rings (SSSR count). The van der Waals surface area contributed by atoms with E-state index >= 15 is 0 Å². The molecule has 0 amide bonds. The van der Waals surface area contributed by atoms with Gasteiger partial charge in [0.05, 0.1) is 22.9 Å². The highest BCUT2D eigenvalue weighted by atomic mass is 35.5. The van der Waals surface area contributed by atoms with Crippen LogP contribution in [0.3, 0.4) is 0 Å². The minimum Gasteiger partial charge on any atom is -0.478 e. The third-order valence-corrected chi connectivity index (χ3v) is 8.44. The van der Waals surface area contributed by atoms with E-state index in [2.05, 4.69) is 0 Å². The Morgan fingerprint density at radius 3 is 2.46 bits per heavy atom. The van der Waals surface area contributed by atoms with Gasteiger partial charge >= 0.3 is 5.97 Å². The van der Waals surface area contributed by atoms with E-state index in [0.29, 0.717) is 9.99 Å². The molecule has 0 bridgehead atoms. The molecule has 9 nitrogen and oxygen atoms in total. The summed E-state index contributed by atoms with van der Waals surface area (Å²) in [5, 5.41) is 32.3. The van der Waals surface area contributed by atoms with Crippen molar-refractivity contribution in [2.45, 2.75) is 23.8 Å². The Bertz CT molecular complexity index is 1450. The van der Waals surface area contributed by atoms with Gasteiger partial charge in [0.1, 0.15) is 10.7 Å². The van der Waals surface area contributed by atoms with Gasteiger partial charge < -0.3 is 25.0 Å². The van der Waals surface area contributed by atoms with Crippen LogP contribution in [0, 0.1) is 5.82 Å². The summed E-state index contributed by atoms with van der Waals surface area (Å²) >= 11 is 6.56. The highest BCUT2D eigenvalue weighted by Crippen LogP contribution is 2.46. The van der Waals surface area contributed by atoms with Crippen molar-refractivity contribution < 1.29 is 37.7 Å². The number of rotatable bonds is 6. The lowest BCUT2D eigenvalue weighted by Gasteiger charge is -2.41. The first kappa shape index (κ1) is 27.0. The van der Waals surface area contributed by atoms with E-state index in [9.17, 15) is 32.9 Å². The van der Waals surface area contributed by atoms with Gasteiger partial charge in [0, 0.05) is 24.9 Å². The average Bonchev–Trinajstić information content (AvgIpc) is 2.91. The first-order valence-electron chi connectivity index (χ1n) is 11.1. The molecule has 3 N–H and O–H groups in total. The maximum atomic E-state index is 14.0. The molecule has 0 spiro atoms. The first-order valence-corrected chi connectivity index (χ1v) is 12.9. The Hall–Kier alpha value is -3.06. The number of nitrogens with zero attached hydrogens (tertiary/aromatic N) is 2. The minimum absolute atomic E-state index is 0.00271. The number of hydrogen-bond acceptors (Lipinski definition) is 7. The van der Waals surface area contributed by atoms with Gasteiger partial charge in [-0.15, -0.1) is 0 Å². The van der Waals surface area contributed by atoms with Gasteiger partial charge in [-0.1, -0.05) is 35.9 Å². The van der Waals surface area contributed by atoms with Crippen molar-refractivity contribution in [3.8, 4) is 11.1 Å². The second kappa shape index (κ2) is 10.0. The van der Waals surface area contributed by atoms with Crippen molar-refractivity contribution in [1.82, 2.24) is 4.31 Å². The number of carbonyl (C=O) groups is 1. The highest BCUT2D eigenvalue weighted by molar-refractivity contribution is 7.89. The Labute approximate surface area is 218 Å². The Morgan fingerprint density at radius 2 is 1.84 bits per heavy atom. The van der Waals surface area contributed by atoms with E-state index in [0.717, 1.165) is 19.2 Å². The zero-order valence-corrected chi connectivity index (χ0v) is 21.4. The number of benzene rings is 3. The Morgan fingerprint density at radius 1 is 1.16 bits per heavy atom. The van der Waals surface area contributed by atoms with Crippen LogP contribution >= 0.6 is 11.6 Å². The highest BCUT2D eigenvalue weighted by Gasteiger charge is 2.53. The molecule has 1 aliphatic rings. The van der Waals surface area contributed by atoms with Crippen LogP contribution < -0.4 is 4.90 Å². The van der Waals surface area contributed by atoms with Gasteiger partial charge in [-0.25, -0.2) is 17.6 Å². The van der Waals surface area contributed by atoms with Crippen LogP contribution in [0.5, 0.6) is 0 Å². The molecule has 3 aromatic rings. The number of para-hydroxylation sites is 1. The molecule has 0 aliphatic carbocycles. The number of anilines is 2. The predicted octanol–water partition coefficient (Wildman–Crippen LogP) is 3.66. The number of aliphatic hydroxyl groups is 2. The number of halogens is 2. The van der Waals surface area contributed by atoms with Crippen LogP contribution in [0.2, 0.25) is 5.02 Å². The number of aromatic carboxylic acids is 1. The second-order valence-corrected chi connectivity index (χ2v) is 10.7. The van der Waals surface area contributed by atoms with Crippen LogP contribution in [0.15, 0.2) is 65.6 Å². The van der Waals surface area contributed by atoms with Crippen LogP contribution in [-0.4, -0.2) is 66.2 Å². The second-order valence-electron chi connectivity index (χ2n) is 8.37. The summed E-state index contributed by atoms with van der Waals surface area (Å²) in [5.74, 6) is -2.47. The van der Waals surface area contributed by atoms with E-state index in [1.807, 2.05) is 0 Å². The quantitative estimate of drug-likeness (QED) is 0.424. The maximum Gasteiger partial charge on any atom is 0.338 e. The summed E-state index contributed by atoms with van der Waals surface area (Å²) in [4.78, 5) is 12.4. The molecular formula is C25H24ClFN2O7S. The van der Waals surface area contributed by atoms with Crippen molar-refractivity contribution >= 4 is 39.0 Å². The van der Waals surface area contributed by atoms with Gasteiger partial charge in [0.15, 0.2) is 6.23 Å². The van der Waals surface area contributed by atoms with Gasteiger partial charge in [0.2, 0.25) is 15.7 Å². The molecule has 0 fully saturated rings. The van der Waals surface area contributed by atoms with Crippen molar-refractivity contribution in [1.29, 1.82) is 0 Å². The van der Waals surface area contributed by atoms with Gasteiger partial charge in [0.25, 0.3) is 0 Å². The van der Waals surface area contributed by atoms with E-state index < -0.39 is 45.9 Å². The van der Waals surface area contributed by atoms with E-state index in [1.54, 1.807) is 37.3 Å². The van der Waals surface area contributed by atoms with Crippen LogP contribution in [-0.2, 0) is 14.8 Å². The Kier molecular flexibility index (Phi) is 7.30. The molecule has 0 saturated heterocycles. The fourth-order valence-corrected chi connectivity index (χ4v) is 5.97. The predicted molar refractivity (Wildman–Crippen MR) is 135 cm³/mol. The van der Waals surface area contributed by atoms with Crippen molar-refractivity contribution in [2.75, 3.05) is 25.2 Å². The summed E-state index contributed by atoms with van der Waals surface area (Å²) in [7, 11) is -3.38. The third-order valence-electron chi connectivity index (χ3n) is 6.21. The fourth-order valence-electron chi connectivity index (χ4n) is 4.16. The zero-order valence-electron chi connectivity index (χ0n) is 19.8. The SMILES string of the molecule is CCOC[C@]1(O)C(O)N(c2ccccc2)c2cc(Cl)c(-c3ccc(F)c(C(=O)O)c3)cc2S(=O)(=O)N1C. The number of carboxylic acids is 1. The molecule has 196 valence electrons. The minimum atomic E-state index is -4.50. The number of aliphatic hydroxyl groups excluding tert-OH is 1. The lowest BCUT2D eigenvalue weighted by atomic mass is 10.0. The van der Waals surface area contributed by atoms with Crippen molar-refractivity contribution in [3.05, 3.63) is 77.1 Å². The number of hydrogen-bond donors (Lipinski definition) is 3. The molecule has 3 aromatic carbocycles. The average molecular weight is 551 g/mol. The summed E-state index contributed by atoms with van der Waals surface area (Å²) < 4.78 is 47.7. The molecule has 1 aliphatic heterocycles. The summed E-state index contributed by atoms with van der Waals surface area (Å²) in [5.41, 5.74) is -2.44. The smallest absolute Gasteiger partial charge is 0.338 e. The normalized spacial score (nSPS) is 21.4. The largest absolute Gasteiger partial charge is 0.478 e. The summed E-state index contributed by atoms with van der Waals surface area (Å²) in [6.45, 7) is 1.26. The molecule has 12 heteroatoms. The van der Waals surface area contributed by atoms with Crippen LogP contribution in [0.4, 0.5) is 15.8 Å². The summed E-state index contributed by atoms with van der Waals surface area (Å²) in [6, 6.07) is 14.1. The van der Waals surface area contributed by atoms with Gasteiger partial charge in [-0.3, -0.25) is 0 Å². The fraction of sp³-hybridized carbons (Fsp3) is 0.240. The molecule has 37 heavy (non-hydrogen) atoms. The Balaban J connectivity index is 2.03. The summed E-state index contributed by atoms with van der Waals surface area (Å²) in [6.07, 6.45) is -1.83. The van der Waals surface area contributed by atoms with Crippen LogP contribution in [0.25, 0.3) is 11.1 Å².